The van der Waals surface area contributed by atoms with Gasteiger partial charge in [-0.15, -0.1) is 22.0 Å². The number of nitrogens with zero attached hydrogens (tertiary/aromatic N) is 3. The summed E-state index contributed by atoms with van der Waals surface area (Å²) in [5.41, 5.74) is 0.514. The maximum absolute atomic E-state index is 12.2. The molecule has 1 fully saturated rings. The Labute approximate surface area is 138 Å². The molecule has 1 aliphatic rings. The van der Waals surface area contributed by atoms with Gasteiger partial charge < -0.3 is 9.88 Å². The van der Waals surface area contributed by atoms with Crippen molar-refractivity contribution < 1.29 is 4.79 Å². The molecule has 1 aromatic carbocycles. The van der Waals surface area contributed by atoms with Gasteiger partial charge in [0, 0.05) is 23.9 Å². The second-order valence-electron chi connectivity index (χ2n) is 5.26. The van der Waals surface area contributed by atoms with Gasteiger partial charge in [-0.25, -0.2) is 0 Å². The molecule has 1 saturated carbocycles. The average Bonchev–Trinajstić information content (AvgIpc) is 3.27. The number of nitrogens with one attached hydrogen (secondary N) is 1. The van der Waals surface area contributed by atoms with Gasteiger partial charge in [-0.2, -0.15) is 0 Å². The van der Waals surface area contributed by atoms with Crippen molar-refractivity contribution in [2.45, 2.75) is 30.2 Å². The Bertz CT molecular complexity index is 684. The predicted octanol–water partition coefficient (Wildman–Crippen LogP) is 2.96. The van der Waals surface area contributed by atoms with Crippen LogP contribution in [0.2, 0.25) is 5.02 Å². The number of amides is 1. The number of halogens is 1. The second-order valence-corrected chi connectivity index (χ2v) is 6.55. The van der Waals surface area contributed by atoms with E-state index in [-0.39, 0.29) is 5.91 Å². The second kappa shape index (κ2) is 6.71. The molecule has 116 valence electrons. The van der Waals surface area contributed by atoms with Gasteiger partial charge in [0.1, 0.15) is 12.2 Å². The molecular weight excluding hydrogens is 320 g/mol. The molecule has 0 atom stereocenters. The van der Waals surface area contributed by atoms with Crippen LogP contribution in [0.25, 0.3) is 0 Å². The van der Waals surface area contributed by atoms with Crippen LogP contribution in [0.4, 0.5) is 0 Å². The van der Waals surface area contributed by atoms with Gasteiger partial charge in [-0.05, 0) is 37.3 Å². The normalized spacial score (nSPS) is 14.1. The lowest BCUT2D eigenvalue weighted by Crippen LogP contribution is -2.27. The molecule has 1 aliphatic carbocycles. The smallest absolute Gasteiger partial charge is 0.252 e. The van der Waals surface area contributed by atoms with Gasteiger partial charge >= 0.3 is 0 Å². The number of carbonyl (C=O) groups excluding carboxylic acids is 1. The van der Waals surface area contributed by atoms with Crippen LogP contribution in [0.15, 0.2) is 29.4 Å². The minimum absolute atomic E-state index is 0.151. The first-order valence-electron chi connectivity index (χ1n) is 7.18. The Morgan fingerprint density at radius 1 is 1.50 bits per heavy atom. The first kappa shape index (κ1) is 15.4. The van der Waals surface area contributed by atoms with Crippen molar-refractivity contribution in [3.63, 3.8) is 0 Å². The molecule has 7 heteroatoms. The van der Waals surface area contributed by atoms with E-state index in [9.17, 15) is 4.79 Å². The molecule has 22 heavy (non-hydrogen) atoms. The summed E-state index contributed by atoms with van der Waals surface area (Å²) in [4.78, 5) is 13.3. The molecule has 1 N–H and O–H groups in total. The Kier molecular flexibility index (Phi) is 4.69. The van der Waals surface area contributed by atoms with Crippen molar-refractivity contribution in [2.24, 2.45) is 0 Å². The van der Waals surface area contributed by atoms with Crippen LogP contribution in [0, 0.1) is 0 Å². The number of benzene rings is 1. The summed E-state index contributed by atoms with van der Waals surface area (Å²) in [5, 5.41) is 11.5. The highest BCUT2D eigenvalue weighted by atomic mass is 35.5. The van der Waals surface area contributed by atoms with Gasteiger partial charge in [0.15, 0.2) is 0 Å². The summed E-state index contributed by atoms with van der Waals surface area (Å²) in [6, 6.07) is 5.48. The van der Waals surface area contributed by atoms with Gasteiger partial charge in [-0.1, -0.05) is 11.6 Å². The minimum Gasteiger partial charge on any atom is -0.350 e. The van der Waals surface area contributed by atoms with Crippen LogP contribution >= 0.6 is 23.4 Å². The molecule has 5 nitrogen and oxygen atoms in total. The Morgan fingerprint density at radius 2 is 2.32 bits per heavy atom. The van der Waals surface area contributed by atoms with Gasteiger partial charge in [0.2, 0.25) is 0 Å². The summed E-state index contributed by atoms with van der Waals surface area (Å²) in [7, 11) is 0. The van der Waals surface area contributed by atoms with E-state index in [1.807, 2.05) is 23.0 Å². The van der Waals surface area contributed by atoms with Gasteiger partial charge in [0.05, 0.1) is 10.6 Å². The topological polar surface area (TPSA) is 59.8 Å². The molecular formula is C15H17ClN4OS. The van der Waals surface area contributed by atoms with Crippen LogP contribution in [0.1, 0.15) is 34.9 Å². The van der Waals surface area contributed by atoms with Crippen molar-refractivity contribution >= 4 is 29.3 Å². The number of carbonyl (C=O) groups is 1. The average molecular weight is 337 g/mol. The molecule has 1 heterocycles. The Hall–Kier alpha value is -1.53. The van der Waals surface area contributed by atoms with Crippen molar-refractivity contribution in [3.05, 3.63) is 40.9 Å². The molecule has 0 saturated heterocycles. The predicted molar refractivity (Wildman–Crippen MR) is 87.6 cm³/mol. The fourth-order valence-electron chi connectivity index (χ4n) is 2.28. The maximum Gasteiger partial charge on any atom is 0.252 e. The zero-order chi connectivity index (χ0) is 15.5. The fraction of sp³-hybridized carbons (Fsp3) is 0.400. The van der Waals surface area contributed by atoms with Crippen LogP contribution in [0.3, 0.4) is 0 Å². The highest BCUT2D eigenvalue weighted by Crippen LogP contribution is 2.38. The SMILES string of the molecule is CSc1ccc(Cl)c(C(=O)NCCn2cnnc2C2CC2)c1. The third-order valence-corrected chi connectivity index (χ3v) is 4.70. The van der Waals surface area contributed by atoms with E-state index in [1.165, 1.54) is 12.8 Å². The Morgan fingerprint density at radius 3 is 3.05 bits per heavy atom. The lowest BCUT2D eigenvalue weighted by molar-refractivity contribution is 0.0952. The molecule has 1 amide bonds. The molecule has 0 spiro atoms. The first-order chi connectivity index (χ1) is 10.7. The quantitative estimate of drug-likeness (QED) is 0.824. The van der Waals surface area contributed by atoms with Crippen LogP contribution in [-0.4, -0.2) is 33.5 Å². The van der Waals surface area contributed by atoms with E-state index in [4.69, 9.17) is 11.6 Å². The van der Waals surface area contributed by atoms with Crippen molar-refractivity contribution in [3.8, 4) is 0 Å². The third kappa shape index (κ3) is 3.44. The Balaban J connectivity index is 1.59. The number of aromatic nitrogens is 3. The zero-order valence-corrected chi connectivity index (χ0v) is 13.8. The summed E-state index contributed by atoms with van der Waals surface area (Å²) >= 11 is 7.69. The van der Waals surface area contributed by atoms with E-state index in [0.29, 0.717) is 29.6 Å². The van der Waals surface area contributed by atoms with Crippen LogP contribution < -0.4 is 5.32 Å². The van der Waals surface area contributed by atoms with Crippen LogP contribution in [0.5, 0.6) is 0 Å². The third-order valence-electron chi connectivity index (χ3n) is 3.64. The highest BCUT2D eigenvalue weighted by Gasteiger charge is 2.28. The number of rotatable bonds is 6. The maximum atomic E-state index is 12.2. The number of hydrogen-bond donors (Lipinski definition) is 1. The van der Waals surface area contributed by atoms with Crippen molar-refractivity contribution in [2.75, 3.05) is 12.8 Å². The zero-order valence-electron chi connectivity index (χ0n) is 12.3. The summed E-state index contributed by atoms with van der Waals surface area (Å²) < 4.78 is 2.01. The van der Waals surface area contributed by atoms with Crippen molar-refractivity contribution in [1.29, 1.82) is 0 Å². The fourth-order valence-corrected chi connectivity index (χ4v) is 2.93. The van der Waals surface area contributed by atoms with Crippen LogP contribution in [-0.2, 0) is 6.54 Å². The molecule has 0 bridgehead atoms. The number of hydrogen-bond acceptors (Lipinski definition) is 4. The minimum atomic E-state index is -0.151. The number of thioether (sulfide) groups is 1. The molecule has 3 rings (SSSR count). The lowest BCUT2D eigenvalue weighted by atomic mass is 10.2. The van der Waals surface area contributed by atoms with E-state index in [2.05, 4.69) is 15.5 Å². The molecule has 0 radical (unpaired) electrons. The van der Waals surface area contributed by atoms with Gasteiger partial charge in [0.25, 0.3) is 5.91 Å². The molecule has 2 aromatic rings. The summed E-state index contributed by atoms with van der Waals surface area (Å²) in [6.07, 6.45) is 6.06. The highest BCUT2D eigenvalue weighted by molar-refractivity contribution is 7.98. The summed E-state index contributed by atoms with van der Waals surface area (Å²) in [6.45, 7) is 1.20. The summed E-state index contributed by atoms with van der Waals surface area (Å²) in [5.74, 6) is 1.42. The molecule has 0 aliphatic heterocycles. The standard InChI is InChI=1S/C15H17ClN4OS/c1-22-11-4-5-13(16)12(8-11)15(21)17-6-7-20-9-18-19-14(20)10-2-3-10/h4-5,8-10H,2-3,6-7H2,1H3,(H,17,21). The molecule has 0 unspecified atom stereocenters. The molecule has 1 aromatic heterocycles. The van der Waals surface area contributed by atoms with Gasteiger partial charge in [-0.3, -0.25) is 4.79 Å². The first-order valence-corrected chi connectivity index (χ1v) is 8.78. The largest absolute Gasteiger partial charge is 0.350 e. The van der Waals surface area contributed by atoms with E-state index in [1.54, 1.807) is 24.2 Å². The lowest BCUT2D eigenvalue weighted by Gasteiger charge is -2.09. The van der Waals surface area contributed by atoms with E-state index < -0.39 is 0 Å². The van der Waals surface area contributed by atoms with Crippen molar-refractivity contribution in [1.82, 2.24) is 20.1 Å². The monoisotopic (exact) mass is 336 g/mol. The van der Waals surface area contributed by atoms with E-state index >= 15 is 0 Å². The van der Waals surface area contributed by atoms with E-state index in [0.717, 1.165) is 10.7 Å².